The molecule has 3 unspecified atom stereocenters. The van der Waals surface area contributed by atoms with E-state index in [4.69, 9.17) is 18.9 Å². The molecule has 1 aliphatic carbocycles. The third-order valence-corrected chi connectivity index (χ3v) is 3.17. The lowest BCUT2D eigenvalue weighted by atomic mass is 9.85. The zero-order chi connectivity index (χ0) is 13.2. The van der Waals surface area contributed by atoms with Gasteiger partial charge >= 0.3 is 0 Å². The first-order valence-corrected chi connectivity index (χ1v) is 6.78. The highest BCUT2D eigenvalue weighted by Crippen LogP contribution is 2.26. The fourth-order valence-electron chi connectivity index (χ4n) is 2.09. The first kappa shape index (κ1) is 15.9. The van der Waals surface area contributed by atoms with Crippen LogP contribution < -0.4 is 5.32 Å². The maximum atomic E-state index is 5.74. The quantitative estimate of drug-likeness (QED) is 0.558. The monoisotopic (exact) mass is 261 g/mol. The largest absolute Gasteiger partial charge is 0.382 e. The van der Waals surface area contributed by atoms with Crippen LogP contribution in [0.15, 0.2) is 0 Å². The Kier molecular flexibility index (Phi) is 8.54. The van der Waals surface area contributed by atoms with E-state index in [0.717, 1.165) is 19.4 Å². The van der Waals surface area contributed by atoms with Crippen molar-refractivity contribution >= 4 is 0 Å². The van der Waals surface area contributed by atoms with Crippen LogP contribution in [0.25, 0.3) is 0 Å². The molecule has 5 nitrogen and oxygen atoms in total. The van der Waals surface area contributed by atoms with Crippen LogP contribution in [-0.4, -0.2) is 65.4 Å². The van der Waals surface area contributed by atoms with E-state index in [-0.39, 0.29) is 12.2 Å². The van der Waals surface area contributed by atoms with Gasteiger partial charge < -0.3 is 24.3 Å². The van der Waals surface area contributed by atoms with Crippen LogP contribution in [0, 0.1) is 0 Å². The summed E-state index contributed by atoms with van der Waals surface area (Å²) in [5.74, 6) is 0. The molecule has 0 radical (unpaired) electrons. The van der Waals surface area contributed by atoms with Crippen molar-refractivity contribution in [3.8, 4) is 0 Å². The van der Waals surface area contributed by atoms with Gasteiger partial charge in [-0.05, 0) is 19.4 Å². The zero-order valence-electron chi connectivity index (χ0n) is 11.8. The molecule has 0 bridgehead atoms. The molecule has 0 aromatic rings. The summed E-state index contributed by atoms with van der Waals surface area (Å²) in [4.78, 5) is 0. The van der Waals surface area contributed by atoms with E-state index in [0.29, 0.717) is 32.5 Å². The molecule has 18 heavy (non-hydrogen) atoms. The fourth-order valence-corrected chi connectivity index (χ4v) is 2.09. The Morgan fingerprint density at radius 3 is 2.56 bits per heavy atom. The molecule has 1 saturated carbocycles. The Hall–Kier alpha value is -0.200. The normalized spacial score (nSPS) is 27.2. The maximum absolute atomic E-state index is 5.74. The highest BCUT2D eigenvalue weighted by atomic mass is 16.6. The van der Waals surface area contributed by atoms with Crippen molar-refractivity contribution in [2.24, 2.45) is 0 Å². The summed E-state index contributed by atoms with van der Waals surface area (Å²) < 4.78 is 21.4. The van der Waals surface area contributed by atoms with Gasteiger partial charge in [0.15, 0.2) is 0 Å². The second-order valence-electron chi connectivity index (χ2n) is 4.51. The van der Waals surface area contributed by atoms with Gasteiger partial charge in [0, 0.05) is 20.3 Å². The standard InChI is InChI=1S/C13H27NO4/c1-4-5-14-11-10-12(13(11)16-3)18-9-8-17-7-6-15-2/h11-14H,4-10H2,1-3H3. The van der Waals surface area contributed by atoms with Gasteiger partial charge in [0.05, 0.1) is 38.6 Å². The van der Waals surface area contributed by atoms with E-state index in [2.05, 4.69) is 12.2 Å². The van der Waals surface area contributed by atoms with E-state index in [9.17, 15) is 0 Å². The van der Waals surface area contributed by atoms with Gasteiger partial charge in [-0.2, -0.15) is 0 Å². The molecule has 5 heteroatoms. The smallest absolute Gasteiger partial charge is 0.0986 e. The van der Waals surface area contributed by atoms with Gasteiger partial charge in [-0.1, -0.05) is 6.92 Å². The Labute approximate surface area is 110 Å². The second-order valence-corrected chi connectivity index (χ2v) is 4.51. The summed E-state index contributed by atoms with van der Waals surface area (Å²) in [5.41, 5.74) is 0. The van der Waals surface area contributed by atoms with Crippen molar-refractivity contribution < 1.29 is 18.9 Å². The molecule has 0 spiro atoms. The van der Waals surface area contributed by atoms with E-state index in [1.54, 1.807) is 14.2 Å². The Balaban J connectivity index is 2.02. The molecule has 0 heterocycles. The topological polar surface area (TPSA) is 49.0 Å². The molecule has 3 atom stereocenters. The van der Waals surface area contributed by atoms with E-state index in [1.165, 1.54) is 0 Å². The Morgan fingerprint density at radius 2 is 1.89 bits per heavy atom. The summed E-state index contributed by atoms with van der Waals surface area (Å²) in [7, 11) is 3.41. The molecule has 0 aromatic carbocycles. The first-order chi connectivity index (χ1) is 8.83. The van der Waals surface area contributed by atoms with E-state index in [1.807, 2.05) is 0 Å². The molecule has 1 N–H and O–H groups in total. The highest BCUT2D eigenvalue weighted by Gasteiger charge is 2.41. The highest BCUT2D eigenvalue weighted by molar-refractivity contribution is 4.96. The fraction of sp³-hybridized carbons (Fsp3) is 1.00. The SMILES string of the molecule is CCCNC1CC(OCCOCCOC)C1OC. The minimum absolute atomic E-state index is 0.176. The van der Waals surface area contributed by atoms with Crippen LogP contribution in [0.1, 0.15) is 19.8 Å². The molecule has 108 valence electrons. The van der Waals surface area contributed by atoms with Crippen LogP contribution in [-0.2, 0) is 18.9 Å². The average Bonchev–Trinajstić information content (AvgIpc) is 2.36. The molecular formula is C13H27NO4. The minimum Gasteiger partial charge on any atom is -0.382 e. The summed E-state index contributed by atoms with van der Waals surface area (Å²) in [5, 5.41) is 3.47. The maximum Gasteiger partial charge on any atom is 0.0986 e. The van der Waals surface area contributed by atoms with E-state index >= 15 is 0 Å². The number of hydrogen-bond donors (Lipinski definition) is 1. The van der Waals surface area contributed by atoms with Gasteiger partial charge in [-0.15, -0.1) is 0 Å². The number of nitrogens with one attached hydrogen (secondary N) is 1. The third kappa shape index (κ3) is 5.20. The minimum atomic E-state index is 0.176. The molecule has 1 rings (SSSR count). The number of ether oxygens (including phenoxy) is 4. The van der Waals surface area contributed by atoms with Crippen LogP contribution in [0.2, 0.25) is 0 Å². The van der Waals surface area contributed by atoms with Gasteiger partial charge in [-0.3, -0.25) is 0 Å². The van der Waals surface area contributed by atoms with Crippen molar-refractivity contribution in [2.45, 2.75) is 38.0 Å². The third-order valence-electron chi connectivity index (χ3n) is 3.17. The molecule has 1 aliphatic rings. The van der Waals surface area contributed by atoms with Gasteiger partial charge in [0.1, 0.15) is 0 Å². The van der Waals surface area contributed by atoms with Crippen LogP contribution in [0.3, 0.4) is 0 Å². The van der Waals surface area contributed by atoms with Crippen molar-refractivity contribution in [3.05, 3.63) is 0 Å². The van der Waals surface area contributed by atoms with Crippen LogP contribution >= 0.6 is 0 Å². The van der Waals surface area contributed by atoms with Crippen molar-refractivity contribution in [3.63, 3.8) is 0 Å². The predicted molar refractivity (Wildman–Crippen MR) is 69.9 cm³/mol. The molecular weight excluding hydrogens is 234 g/mol. The zero-order valence-corrected chi connectivity index (χ0v) is 11.8. The summed E-state index contributed by atoms with van der Waals surface area (Å²) in [6.45, 7) is 5.69. The molecule has 0 saturated heterocycles. The lowest BCUT2D eigenvalue weighted by Gasteiger charge is -2.43. The van der Waals surface area contributed by atoms with Crippen LogP contribution in [0.5, 0.6) is 0 Å². The van der Waals surface area contributed by atoms with Crippen molar-refractivity contribution in [2.75, 3.05) is 47.2 Å². The second kappa shape index (κ2) is 9.69. The summed E-state index contributed by atoms with van der Waals surface area (Å²) in [6, 6.07) is 0.439. The van der Waals surface area contributed by atoms with E-state index < -0.39 is 0 Å². The summed E-state index contributed by atoms with van der Waals surface area (Å²) >= 11 is 0. The molecule has 1 fully saturated rings. The Bertz CT molecular complexity index is 203. The summed E-state index contributed by atoms with van der Waals surface area (Å²) in [6.07, 6.45) is 2.55. The number of hydrogen-bond acceptors (Lipinski definition) is 5. The van der Waals surface area contributed by atoms with Gasteiger partial charge in [0.2, 0.25) is 0 Å². The lowest BCUT2D eigenvalue weighted by molar-refractivity contribution is -0.141. The first-order valence-electron chi connectivity index (χ1n) is 6.78. The average molecular weight is 261 g/mol. The molecule has 0 aliphatic heterocycles. The predicted octanol–water partition coefficient (Wildman–Crippen LogP) is 0.822. The van der Waals surface area contributed by atoms with Gasteiger partial charge in [0.25, 0.3) is 0 Å². The number of rotatable bonds is 11. The number of methoxy groups -OCH3 is 2. The Morgan fingerprint density at radius 1 is 1.11 bits per heavy atom. The van der Waals surface area contributed by atoms with Crippen molar-refractivity contribution in [1.29, 1.82) is 0 Å². The van der Waals surface area contributed by atoms with Crippen molar-refractivity contribution in [1.82, 2.24) is 5.32 Å². The van der Waals surface area contributed by atoms with Crippen LogP contribution in [0.4, 0.5) is 0 Å². The lowest BCUT2D eigenvalue weighted by Crippen LogP contribution is -2.60. The van der Waals surface area contributed by atoms with Gasteiger partial charge in [-0.25, -0.2) is 0 Å². The molecule has 0 aromatic heterocycles. The molecule has 0 amide bonds.